The third-order valence-corrected chi connectivity index (χ3v) is 2.09. The van der Waals surface area contributed by atoms with E-state index >= 15 is 0 Å². The zero-order chi connectivity index (χ0) is 10.8. The number of hydrogen-bond acceptors (Lipinski definition) is 2. The number of rotatable bonds is 2. The molecule has 0 saturated heterocycles. The van der Waals surface area contributed by atoms with E-state index in [0.717, 1.165) is 11.4 Å². The highest BCUT2D eigenvalue weighted by Crippen LogP contribution is 2.33. The first-order valence-corrected chi connectivity index (χ1v) is 4.68. The van der Waals surface area contributed by atoms with Crippen LogP contribution >= 0.6 is 0 Å². The number of allylic oxidation sites excluding steroid dienone is 3. The Bertz CT molecular complexity index is 353. The molecule has 0 atom stereocenters. The van der Waals surface area contributed by atoms with Gasteiger partial charge in [-0.25, -0.2) is 0 Å². The lowest BCUT2D eigenvalue weighted by Gasteiger charge is -2.21. The summed E-state index contributed by atoms with van der Waals surface area (Å²) in [5, 5.41) is 10.7. The third kappa shape index (κ3) is 2.10. The van der Waals surface area contributed by atoms with Gasteiger partial charge in [0.2, 0.25) is 0 Å². The van der Waals surface area contributed by atoms with Crippen molar-refractivity contribution in [3.63, 3.8) is 0 Å². The van der Waals surface area contributed by atoms with Gasteiger partial charge in [-0.15, -0.1) is 5.10 Å². The number of nitrogens with one attached hydrogen (secondary N) is 1. The molecule has 0 aliphatic rings. The van der Waals surface area contributed by atoms with Crippen LogP contribution in [-0.4, -0.2) is 15.4 Å². The largest absolute Gasteiger partial charge is 0.258 e. The second kappa shape index (κ2) is 3.78. The minimum Gasteiger partial charge on any atom is -0.258 e. The molecule has 1 rings (SSSR count). The highest BCUT2D eigenvalue weighted by Gasteiger charge is 2.21. The van der Waals surface area contributed by atoms with Crippen molar-refractivity contribution in [3.05, 3.63) is 30.1 Å². The molecule has 0 bridgehead atoms. The molecule has 1 heterocycles. The van der Waals surface area contributed by atoms with Gasteiger partial charge >= 0.3 is 0 Å². The number of aromatic amines is 1. The summed E-state index contributed by atoms with van der Waals surface area (Å²) in [5.41, 5.74) is 3.16. The normalized spacial score (nSPS) is 13.0. The first kappa shape index (κ1) is 10.7. The molecule has 76 valence electrons. The summed E-state index contributed by atoms with van der Waals surface area (Å²) in [5.74, 6) is 0. The molecule has 0 radical (unpaired) electrons. The molecule has 0 aromatic carbocycles. The first-order valence-electron chi connectivity index (χ1n) is 4.68. The number of hydrogen-bond donors (Lipinski definition) is 1. The van der Waals surface area contributed by atoms with Crippen molar-refractivity contribution >= 4 is 5.57 Å². The smallest absolute Gasteiger partial charge is 0.0870 e. The SMILES string of the molecule is C=C/C=C(/c1[nH]nnc1C)C(C)(C)C. The highest BCUT2D eigenvalue weighted by molar-refractivity contribution is 5.69. The summed E-state index contributed by atoms with van der Waals surface area (Å²) in [4.78, 5) is 0. The van der Waals surface area contributed by atoms with Crippen LogP contribution in [0, 0.1) is 12.3 Å². The van der Waals surface area contributed by atoms with E-state index in [0.29, 0.717) is 0 Å². The molecule has 0 aliphatic heterocycles. The molecule has 1 aromatic heterocycles. The Balaban J connectivity index is 3.21. The lowest BCUT2D eigenvalue weighted by Crippen LogP contribution is -2.09. The van der Waals surface area contributed by atoms with Crippen LogP contribution < -0.4 is 0 Å². The summed E-state index contributed by atoms with van der Waals surface area (Å²) < 4.78 is 0. The molecule has 1 aromatic rings. The van der Waals surface area contributed by atoms with E-state index in [1.807, 2.05) is 13.0 Å². The van der Waals surface area contributed by atoms with Gasteiger partial charge in [0.25, 0.3) is 0 Å². The van der Waals surface area contributed by atoms with Crippen LogP contribution in [0.3, 0.4) is 0 Å². The van der Waals surface area contributed by atoms with Crippen LogP contribution in [0.4, 0.5) is 0 Å². The van der Waals surface area contributed by atoms with Crippen molar-refractivity contribution in [1.82, 2.24) is 15.4 Å². The quantitative estimate of drug-likeness (QED) is 0.730. The maximum atomic E-state index is 3.95. The van der Waals surface area contributed by atoms with Crippen LogP contribution in [0.2, 0.25) is 0 Å². The van der Waals surface area contributed by atoms with Gasteiger partial charge in [0.15, 0.2) is 0 Å². The highest BCUT2D eigenvalue weighted by atomic mass is 15.3. The summed E-state index contributed by atoms with van der Waals surface area (Å²) in [7, 11) is 0. The monoisotopic (exact) mass is 191 g/mol. The number of aromatic nitrogens is 3. The third-order valence-electron chi connectivity index (χ3n) is 2.09. The average Bonchev–Trinajstić information content (AvgIpc) is 2.45. The van der Waals surface area contributed by atoms with Gasteiger partial charge in [-0.2, -0.15) is 0 Å². The van der Waals surface area contributed by atoms with Crippen molar-refractivity contribution < 1.29 is 0 Å². The van der Waals surface area contributed by atoms with Crippen molar-refractivity contribution in [2.24, 2.45) is 5.41 Å². The van der Waals surface area contributed by atoms with Crippen molar-refractivity contribution in [2.45, 2.75) is 27.7 Å². The van der Waals surface area contributed by atoms with Crippen LogP contribution in [0.1, 0.15) is 32.2 Å². The Labute approximate surface area is 84.9 Å². The Kier molecular flexibility index (Phi) is 2.89. The predicted octanol–water partition coefficient (Wildman–Crippen LogP) is 2.73. The summed E-state index contributed by atoms with van der Waals surface area (Å²) in [6, 6.07) is 0. The van der Waals surface area contributed by atoms with Crippen LogP contribution in [0.5, 0.6) is 0 Å². The molecule has 0 spiro atoms. The van der Waals surface area contributed by atoms with Crippen molar-refractivity contribution in [3.8, 4) is 0 Å². The second-order valence-electron chi connectivity index (χ2n) is 4.34. The molecule has 3 nitrogen and oxygen atoms in total. The van der Waals surface area contributed by atoms with E-state index in [2.05, 4.69) is 42.8 Å². The Morgan fingerprint density at radius 3 is 2.43 bits per heavy atom. The van der Waals surface area contributed by atoms with Crippen LogP contribution in [0.15, 0.2) is 18.7 Å². The molecule has 0 fully saturated rings. The van der Waals surface area contributed by atoms with Gasteiger partial charge in [0.1, 0.15) is 0 Å². The molecule has 0 unspecified atom stereocenters. The van der Waals surface area contributed by atoms with Gasteiger partial charge < -0.3 is 0 Å². The van der Waals surface area contributed by atoms with E-state index in [4.69, 9.17) is 0 Å². The summed E-state index contributed by atoms with van der Waals surface area (Å²) in [6.45, 7) is 12.1. The minimum absolute atomic E-state index is 0.0627. The lowest BCUT2D eigenvalue weighted by atomic mass is 9.83. The van der Waals surface area contributed by atoms with E-state index in [1.165, 1.54) is 5.57 Å². The van der Waals surface area contributed by atoms with Crippen LogP contribution in [0.25, 0.3) is 5.57 Å². The number of H-pyrrole nitrogens is 1. The van der Waals surface area contributed by atoms with E-state index in [1.54, 1.807) is 6.08 Å². The maximum absolute atomic E-state index is 3.95. The zero-order valence-corrected chi connectivity index (χ0v) is 9.26. The fraction of sp³-hybridized carbons (Fsp3) is 0.455. The van der Waals surface area contributed by atoms with Gasteiger partial charge in [-0.05, 0) is 17.9 Å². The van der Waals surface area contributed by atoms with Gasteiger partial charge in [0.05, 0.1) is 11.4 Å². The Hall–Kier alpha value is -1.38. The first-order chi connectivity index (χ1) is 6.46. The van der Waals surface area contributed by atoms with E-state index < -0.39 is 0 Å². The minimum atomic E-state index is 0.0627. The van der Waals surface area contributed by atoms with E-state index in [-0.39, 0.29) is 5.41 Å². The molecule has 0 amide bonds. The second-order valence-corrected chi connectivity index (χ2v) is 4.34. The van der Waals surface area contributed by atoms with Gasteiger partial charge in [0, 0.05) is 0 Å². The molecule has 0 aliphatic carbocycles. The Morgan fingerprint density at radius 2 is 2.07 bits per heavy atom. The fourth-order valence-corrected chi connectivity index (χ4v) is 1.36. The summed E-state index contributed by atoms with van der Waals surface area (Å²) >= 11 is 0. The van der Waals surface area contributed by atoms with Crippen LogP contribution in [-0.2, 0) is 0 Å². The standard InChI is InChI=1S/C11H17N3/c1-6-7-9(11(3,4)5)10-8(2)12-14-13-10/h6-7H,1H2,2-5H3,(H,12,13,14)/b9-7-. The molecule has 0 saturated carbocycles. The fourth-order valence-electron chi connectivity index (χ4n) is 1.36. The predicted molar refractivity (Wildman–Crippen MR) is 58.7 cm³/mol. The van der Waals surface area contributed by atoms with Crippen molar-refractivity contribution in [1.29, 1.82) is 0 Å². The number of nitrogens with zero attached hydrogens (tertiary/aromatic N) is 2. The van der Waals surface area contributed by atoms with Crippen molar-refractivity contribution in [2.75, 3.05) is 0 Å². The molecular weight excluding hydrogens is 174 g/mol. The lowest BCUT2D eigenvalue weighted by molar-refractivity contribution is 0.564. The van der Waals surface area contributed by atoms with E-state index in [9.17, 15) is 0 Å². The molecule has 3 heteroatoms. The average molecular weight is 191 g/mol. The van der Waals surface area contributed by atoms with Gasteiger partial charge in [-0.1, -0.05) is 44.7 Å². The number of aryl methyl sites for hydroxylation is 1. The van der Waals surface area contributed by atoms with Gasteiger partial charge in [-0.3, -0.25) is 5.10 Å². The topological polar surface area (TPSA) is 41.6 Å². The zero-order valence-electron chi connectivity index (χ0n) is 9.26. The molecular formula is C11H17N3. The summed E-state index contributed by atoms with van der Waals surface area (Å²) in [6.07, 6.45) is 3.79. The maximum Gasteiger partial charge on any atom is 0.0870 e. The molecule has 1 N–H and O–H groups in total. The molecule has 14 heavy (non-hydrogen) atoms. The Morgan fingerprint density at radius 1 is 1.43 bits per heavy atom.